The second-order valence-corrected chi connectivity index (χ2v) is 5.01. The van der Waals surface area contributed by atoms with Crippen molar-refractivity contribution in [3.63, 3.8) is 0 Å². The van der Waals surface area contributed by atoms with Crippen molar-refractivity contribution in [1.29, 1.82) is 0 Å². The van der Waals surface area contributed by atoms with Crippen molar-refractivity contribution in [2.75, 3.05) is 26.2 Å². The molecular formula is C14H27N5O2. The normalized spacial score (nSPS) is 10.8. The lowest BCUT2D eigenvalue weighted by atomic mass is 10.1. The first-order chi connectivity index (χ1) is 10.3. The molecule has 120 valence electrons. The van der Waals surface area contributed by atoms with E-state index in [1.165, 1.54) is 25.7 Å². The Kier molecular flexibility index (Phi) is 9.39. The topological polar surface area (TPSA) is 92.1 Å². The highest BCUT2D eigenvalue weighted by Gasteiger charge is 2.09. The third-order valence-corrected chi connectivity index (χ3v) is 3.14. The standard InChI is InChI=1S/C14H27N5O2/c1-2-3-4-5-6-10-19-12-13(17-18-19)14(21)16-8-7-15-9-11-20/h12,15,20H,2-11H2,1H3,(H,16,21). The second kappa shape index (κ2) is 11.2. The van der Waals surface area contributed by atoms with E-state index in [0.717, 1.165) is 13.0 Å². The lowest BCUT2D eigenvalue weighted by Crippen LogP contribution is -2.33. The maximum Gasteiger partial charge on any atom is 0.273 e. The van der Waals surface area contributed by atoms with E-state index in [4.69, 9.17) is 5.11 Å². The average Bonchev–Trinajstić information content (AvgIpc) is 2.95. The molecule has 0 aliphatic rings. The van der Waals surface area contributed by atoms with Crippen LogP contribution in [0.4, 0.5) is 0 Å². The number of aryl methyl sites for hydroxylation is 1. The molecule has 0 saturated carbocycles. The number of hydrogen-bond acceptors (Lipinski definition) is 5. The monoisotopic (exact) mass is 297 g/mol. The van der Waals surface area contributed by atoms with Gasteiger partial charge in [-0.05, 0) is 6.42 Å². The van der Waals surface area contributed by atoms with Gasteiger partial charge in [-0.2, -0.15) is 0 Å². The molecule has 7 nitrogen and oxygen atoms in total. The first-order valence-electron chi connectivity index (χ1n) is 7.77. The number of nitrogens with one attached hydrogen (secondary N) is 2. The van der Waals surface area contributed by atoms with Crippen molar-refractivity contribution in [2.24, 2.45) is 0 Å². The van der Waals surface area contributed by atoms with E-state index in [1.54, 1.807) is 10.9 Å². The molecule has 1 aromatic heterocycles. The zero-order valence-corrected chi connectivity index (χ0v) is 12.8. The van der Waals surface area contributed by atoms with Crippen LogP contribution in [0.3, 0.4) is 0 Å². The second-order valence-electron chi connectivity index (χ2n) is 5.01. The van der Waals surface area contributed by atoms with Gasteiger partial charge in [0, 0.05) is 26.2 Å². The summed E-state index contributed by atoms with van der Waals surface area (Å²) in [4.78, 5) is 11.8. The van der Waals surface area contributed by atoms with Crippen LogP contribution in [-0.4, -0.2) is 52.2 Å². The Morgan fingerprint density at radius 3 is 2.81 bits per heavy atom. The summed E-state index contributed by atoms with van der Waals surface area (Å²) in [7, 11) is 0. The number of carbonyl (C=O) groups excluding carboxylic acids is 1. The Labute approximate surface area is 126 Å². The zero-order chi connectivity index (χ0) is 15.3. The summed E-state index contributed by atoms with van der Waals surface area (Å²) in [6.45, 7) is 4.76. The van der Waals surface area contributed by atoms with E-state index in [0.29, 0.717) is 25.3 Å². The molecule has 0 fully saturated rings. The molecule has 0 spiro atoms. The molecular weight excluding hydrogens is 270 g/mol. The van der Waals surface area contributed by atoms with Crippen LogP contribution in [0.1, 0.15) is 49.5 Å². The Morgan fingerprint density at radius 2 is 2.05 bits per heavy atom. The Balaban J connectivity index is 2.19. The number of carbonyl (C=O) groups is 1. The number of rotatable bonds is 12. The first kappa shape index (κ1) is 17.6. The highest BCUT2D eigenvalue weighted by atomic mass is 16.3. The van der Waals surface area contributed by atoms with Crippen molar-refractivity contribution in [1.82, 2.24) is 25.6 Å². The molecule has 3 N–H and O–H groups in total. The van der Waals surface area contributed by atoms with Crippen LogP contribution >= 0.6 is 0 Å². The highest BCUT2D eigenvalue weighted by Crippen LogP contribution is 2.04. The van der Waals surface area contributed by atoms with Gasteiger partial charge >= 0.3 is 0 Å². The Hall–Kier alpha value is -1.47. The summed E-state index contributed by atoms with van der Waals surface area (Å²) < 4.78 is 1.73. The SMILES string of the molecule is CCCCCCCn1cc(C(=O)NCCNCCO)nn1. The number of aromatic nitrogens is 3. The zero-order valence-electron chi connectivity index (χ0n) is 12.8. The molecule has 21 heavy (non-hydrogen) atoms. The van der Waals surface area contributed by atoms with Crippen LogP contribution in [0.15, 0.2) is 6.20 Å². The fraction of sp³-hybridized carbons (Fsp3) is 0.786. The number of hydrogen-bond donors (Lipinski definition) is 3. The predicted molar refractivity (Wildman–Crippen MR) is 81.1 cm³/mol. The molecule has 1 heterocycles. The molecule has 1 aromatic rings. The summed E-state index contributed by atoms with van der Waals surface area (Å²) in [6.07, 6.45) is 7.70. The van der Waals surface area contributed by atoms with Gasteiger partial charge < -0.3 is 15.7 Å². The van der Waals surface area contributed by atoms with Crippen molar-refractivity contribution in [3.05, 3.63) is 11.9 Å². The van der Waals surface area contributed by atoms with E-state index in [9.17, 15) is 4.79 Å². The number of aliphatic hydroxyl groups is 1. The number of unbranched alkanes of at least 4 members (excludes halogenated alkanes) is 4. The molecule has 0 saturated heterocycles. The van der Waals surface area contributed by atoms with Crippen LogP contribution in [0.2, 0.25) is 0 Å². The smallest absolute Gasteiger partial charge is 0.273 e. The number of amides is 1. The van der Waals surface area contributed by atoms with Gasteiger partial charge in [-0.15, -0.1) is 5.10 Å². The van der Waals surface area contributed by atoms with Gasteiger partial charge in [0.05, 0.1) is 12.8 Å². The van der Waals surface area contributed by atoms with Gasteiger partial charge in [0.25, 0.3) is 5.91 Å². The van der Waals surface area contributed by atoms with Gasteiger partial charge in [0.15, 0.2) is 5.69 Å². The highest BCUT2D eigenvalue weighted by molar-refractivity contribution is 5.91. The number of nitrogens with zero attached hydrogens (tertiary/aromatic N) is 3. The van der Waals surface area contributed by atoms with Gasteiger partial charge in [0.2, 0.25) is 0 Å². The molecule has 1 rings (SSSR count). The summed E-state index contributed by atoms with van der Waals surface area (Å²) in [5, 5.41) is 22.2. The molecule has 0 aliphatic heterocycles. The summed E-state index contributed by atoms with van der Waals surface area (Å²) in [5.74, 6) is -0.210. The van der Waals surface area contributed by atoms with E-state index in [-0.39, 0.29) is 12.5 Å². The van der Waals surface area contributed by atoms with Crippen LogP contribution < -0.4 is 10.6 Å². The number of aliphatic hydroxyl groups excluding tert-OH is 1. The lowest BCUT2D eigenvalue weighted by Gasteiger charge is -2.03. The van der Waals surface area contributed by atoms with Crippen molar-refractivity contribution >= 4 is 5.91 Å². The van der Waals surface area contributed by atoms with Crippen LogP contribution in [0.25, 0.3) is 0 Å². The largest absolute Gasteiger partial charge is 0.395 e. The molecule has 7 heteroatoms. The van der Waals surface area contributed by atoms with Crippen LogP contribution in [-0.2, 0) is 6.54 Å². The molecule has 1 amide bonds. The van der Waals surface area contributed by atoms with E-state index < -0.39 is 0 Å². The Morgan fingerprint density at radius 1 is 1.24 bits per heavy atom. The summed E-state index contributed by atoms with van der Waals surface area (Å²) in [6, 6.07) is 0. The quantitative estimate of drug-likeness (QED) is 0.490. The summed E-state index contributed by atoms with van der Waals surface area (Å²) >= 11 is 0. The Bertz CT molecular complexity index is 394. The maximum atomic E-state index is 11.8. The summed E-state index contributed by atoms with van der Waals surface area (Å²) in [5.41, 5.74) is 0.353. The molecule has 0 radical (unpaired) electrons. The fourth-order valence-corrected chi connectivity index (χ4v) is 1.95. The van der Waals surface area contributed by atoms with E-state index in [1.807, 2.05) is 0 Å². The molecule has 0 aromatic carbocycles. The maximum absolute atomic E-state index is 11.8. The lowest BCUT2D eigenvalue weighted by molar-refractivity contribution is 0.0949. The first-order valence-corrected chi connectivity index (χ1v) is 7.77. The van der Waals surface area contributed by atoms with E-state index in [2.05, 4.69) is 27.9 Å². The predicted octanol–water partition coefficient (Wildman–Crippen LogP) is 0.560. The van der Waals surface area contributed by atoms with Gasteiger partial charge in [-0.3, -0.25) is 9.48 Å². The van der Waals surface area contributed by atoms with Crippen molar-refractivity contribution < 1.29 is 9.90 Å². The van der Waals surface area contributed by atoms with Gasteiger partial charge in [0.1, 0.15) is 0 Å². The molecule has 0 aliphatic carbocycles. The molecule has 0 bridgehead atoms. The minimum Gasteiger partial charge on any atom is -0.395 e. The average molecular weight is 297 g/mol. The minimum absolute atomic E-state index is 0.0977. The van der Waals surface area contributed by atoms with Crippen LogP contribution in [0, 0.1) is 0 Å². The molecule has 0 unspecified atom stereocenters. The van der Waals surface area contributed by atoms with Crippen molar-refractivity contribution in [2.45, 2.75) is 45.6 Å². The van der Waals surface area contributed by atoms with Gasteiger partial charge in [-0.25, -0.2) is 0 Å². The van der Waals surface area contributed by atoms with Crippen LogP contribution in [0.5, 0.6) is 0 Å². The fourth-order valence-electron chi connectivity index (χ4n) is 1.95. The third-order valence-electron chi connectivity index (χ3n) is 3.14. The third kappa shape index (κ3) is 7.77. The minimum atomic E-state index is -0.210. The van der Waals surface area contributed by atoms with Gasteiger partial charge in [-0.1, -0.05) is 37.8 Å². The van der Waals surface area contributed by atoms with Crippen molar-refractivity contribution in [3.8, 4) is 0 Å². The van der Waals surface area contributed by atoms with E-state index >= 15 is 0 Å². The molecule has 0 atom stereocenters.